The monoisotopic (exact) mass is 271 g/mol. The van der Waals surface area contributed by atoms with Gasteiger partial charge in [-0.25, -0.2) is 8.42 Å². The number of hydrogen-bond donors (Lipinski definition) is 1. The number of ether oxygens (including phenoxy) is 2. The number of rotatable bonds is 4. The third-order valence-electron chi connectivity index (χ3n) is 2.86. The van der Waals surface area contributed by atoms with Gasteiger partial charge in [0.05, 0.1) is 16.7 Å². The second-order valence-electron chi connectivity index (χ2n) is 4.42. The molecule has 100 valence electrons. The summed E-state index contributed by atoms with van der Waals surface area (Å²) in [6.45, 7) is 1.22. The summed E-state index contributed by atoms with van der Waals surface area (Å²) in [6, 6.07) is 4.50. The Balaban J connectivity index is 2.05. The molecule has 18 heavy (non-hydrogen) atoms. The number of nitrogens with two attached hydrogens (primary N) is 1. The topological polar surface area (TPSA) is 78.6 Å². The predicted molar refractivity (Wildman–Crippen MR) is 68.4 cm³/mol. The standard InChI is InChI=1S/C12H17NO4S/c1-18(14,15)10-4-5-12(11(13)7-10)17-8-9-3-2-6-16-9/h4-5,7,9H,2-3,6,8,13H2,1H3. The summed E-state index contributed by atoms with van der Waals surface area (Å²) in [5.74, 6) is 0.498. The number of sulfone groups is 1. The van der Waals surface area contributed by atoms with E-state index in [0.717, 1.165) is 25.7 Å². The molecule has 0 aromatic heterocycles. The molecule has 1 unspecified atom stereocenters. The highest BCUT2D eigenvalue weighted by Gasteiger charge is 2.17. The summed E-state index contributed by atoms with van der Waals surface area (Å²) in [6.07, 6.45) is 3.30. The van der Waals surface area contributed by atoms with E-state index in [0.29, 0.717) is 18.0 Å². The Morgan fingerprint density at radius 1 is 1.50 bits per heavy atom. The van der Waals surface area contributed by atoms with Gasteiger partial charge < -0.3 is 15.2 Å². The van der Waals surface area contributed by atoms with Crippen LogP contribution in [0.15, 0.2) is 23.1 Å². The molecule has 1 fully saturated rings. The molecule has 0 radical (unpaired) electrons. The summed E-state index contributed by atoms with van der Waals surface area (Å²) in [5, 5.41) is 0. The van der Waals surface area contributed by atoms with E-state index in [4.69, 9.17) is 15.2 Å². The number of hydrogen-bond acceptors (Lipinski definition) is 5. The van der Waals surface area contributed by atoms with Crippen LogP contribution in [0.25, 0.3) is 0 Å². The molecule has 1 saturated heterocycles. The van der Waals surface area contributed by atoms with E-state index in [1.807, 2.05) is 0 Å². The Kier molecular flexibility index (Phi) is 3.77. The minimum absolute atomic E-state index is 0.110. The summed E-state index contributed by atoms with van der Waals surface area (Å²) in [4.78, 5) is 0.199. The van der Waals surface area contributed by atoms with Gasteiger partial charge in [0, 0.05) is 12.9 Å². The predicted octanol–water partition coefficient (Wildman–Crippen LogP) is 1.23. The minimum atomic E-state index is -3.23. The first-order chi connectivity index (χ1) is 8.47. The minimum Gasteiger partial charge on any atom is -0.489 e. The molecule has 1 atom stereocenters. The van der Waals surface area contributed by atoms with Crippen molar-refractivity contribution >= 4 is 15.5 Å². The number of benzene rings is 1. The highest BCUT2D eigenvalue weighted by atomic mass is 32.2. The van der Waals surface area contributed by atoms with Gasteiger partial charge in [0.25, 0.3) is 0 Å². The molecule has 1 aliphatic heterocycles. The quantitative estimate of drug-likeness (QED) is 0.833. The first kappa shape index (κ1) is 13.2. The van der Waals surface area contributed by atoms with Crippen molar-refractivity contribution < 1.29 is 17.9 Å². The molecule has 0 amide bonds. The molecule has 6 heteroatoms. The van der Waals surface area contributed by atoms with E-state index in [2.05, 4.69) is 0 Å². The summed E-state index contributed by atoms with van der Waals surface area (Å²) in [5.41, 5.74) is 6.10. The van der Waals surface area contributed by atoms with Gasteiger partial charge in [0.1, 0.15) is 12.4 Å². The third kappa shape index (κ3) is 3.14. The van der Waals surface area contributed by atoms with Gasteiger partial charge in [-0.2, -0.15) is 0 Å². The maximum atomic E-state index is 11.3. The van der Waals surface area contributed by atoms with E-state index in [-0.39, 0.29) is 11.0 Å². The average Bonchev–Trinajstić information content (AvgIpc) is 2.79. The Bertz CT molecular complexity index is 521. The Labute approximate surface area is 107 Å². The SMILES string of the molecule is CS(=O)(=O)c1ccc(OCC2CCCO2)c(N)c1. The van der Waals surface area contributed by atoms with Crippen molar-refractivity contribution in [2.75, 3.05) is 25.2 Å². The zero-order valence-corrected chi connectivity index (χ0v) is 11.1. The summed E-state index contributed by atoms with van der Waals surface area (Å²) < 4.78 is 33.7. The van der Waals surface area contributed by atoms with Crippen LogP contribution in [-0.2, 0) is 14.6 Å². The van der Waals surface area contributed by atoms with Gasteiger partial charge in [0.2, 0.25) is 0 Å². The van der Waals surface area contributed by atoms with Crippen LogP contribution in [0.5, 0.6) is 5.75 Å². The van der Waals surface area contributed by atoms with Gasteiger partial charge in [-0.05, 0) is 31.0 Å². The van der Waals surface area contributed by atoms with Crippen LogP contribution in [0.4, 0.5) is 5.69 Å². The molecular formula is C12H17NO4S. The zero-order chi connectivity index (χ0) is 13.2. The number of nitrogen functional groups attached to an aromatic ring is 1. The maximum absolute atomic E-state index is 11.3. The molecular weight excluding hydrogens is 254 g/mol. The molecule has 0 spiro atoms. The lowest BCUT2D eigenvalue weighted by molar-refractivity contribution is 0.0682. The van der Waals surface area contributed by atoms with Crippen molar-refractivity contribution in [3.8, 4) is 5.75 Å². The van der Waals surface area contributed by atoms with Crippen LogP contribution in [0.2, 0.25) is 0 Å². The van der Waals surface area contributed by atoms with Gasteiger partial charge in [-0.1, -0.05) is 0 Å². The van der Waals surface area contributed by atoms with Gasteiger partial charge in [-0.3, -0.25) is 0 Å². The Hall–Kier alpha value is -1.27. The second kappa shape index (κ2) is 5.16. The fourth-order valence-corrected chi connectivity index (χ4v) is 2.50. The van der Waals surface area contributed by atoms with E-state index >= 15 is 0 Å². The van der Waals surface area contributed by atoms with Gasteiger partial charge in [0.15, 0.2) is 9.84 Å². The molecule has 1 aromatic carbocycles. The lowest BCUT2D eigenvalue weighted by Crippen LogP contribution is -2.16. The molecule has 5 nitrogen and oxygen atoms in total. The van der Waals surface area contributed by atoms with Crippen molar-refractivity contribution in [3.63, 3.8) is 0 Å². The van der Waals surface area contributed by atoms with E-state index in [9.17, 15) is 8.42 Å². The molecule has 0 aliphatic carbocycles. The first-order valence-corrected chi connectivity index (χ1v) is 7.70. The smallest absolute Gasteiger partial charge is 0.175 e. The van der Waals surface area contributed by atoms with Crippen LogP contribution in [0, 0.1) is 0 Å². The second-order valence-corrected chi connectivity index (χ2v) is 6.43. The highest BCUT2D eigenvalue weighted by Crippen LogP contribution is 2.25. The van der Waals surface area contributed by atoms with E-state index < -0.39 is 9.84 Å². The van der Waals surface area contributed by atoms with Crippen LogP contribution < -0.4 is 10.5 Å². The average molecular weight is 271 g/mol. The molecule has 1 heterocycles. The zero-order valence-electron chi connectivity index (χ0n) is 10.3. The van der Waals surface area contributed by atoms with Crippen molar-refractivity contribution in [3.05, 3.63) is 18.2 Å². The lowest BCUT2D eigenvalue weighted by Gasteiger charge is -2.13. The third-order valence-corrected chi connectivity index (χ3v) is 3.97. The normalized spacial score (nSPS) is 19.9. The fourth-order valence-electron chi connectivity index (χ4n) is 1.85. The van der Waals surface area contributed by atoms with Gasteiger partial charge in [-0.15, -0.1) is 0 Å². The van der Waals surface area contributed by atoms with Crippen molar-refractivity contribution in [2.24, 2.45) is 0 Å². The number of anilines is 1. The summed E-state index contributed by atoms with van der Waals surface area (Å²) in [7, 11) is -3.23. The molecule has 0 bridgehead atoms. The van der Waals surface area contributed by atoms with Gasteiger partial charge >= 0.3 is 0 Å². The largest absolute Gasteiger partial charge is 0.489 e. The Morgan fingerprint density at radius 3 is 2.83 bits per heavy atom. The Morgan fingerprint density at radius 2 is 2.28 bits per heavy atom. The van der Waals surface area contributed by atoms with Crippen molar-refractivity contribution in [1.29, 1.82) is 0 Å². The van der Waals surface area contributed by atoms with E-state index in [1.54, 1.807) is 6.07 Å². The summed E-state index contributed by atoms with van der Waals surface area (Å²) >= 11 is 0. The fraction of sp³-hybridized carbons (Fsp3) is 0.500. The van der Waals surface area contributed by atoms with Crippen molar-refractivity contribution in [1.82, 2.24) is 0 Å². The molecule has 1 aromatic rings. The van der Waals surface area contributed by atoms with Crippen LogP contribution in [-0.4, -0.2) is 34.0 Å². The molecule has 2 N–H and O–H groups in total. The van der Waals surface area contributed by atoms with Crippen LogP contribution in [0.3, 0.4) is 0 Å². The van der Waals surface area contributed by atoms with Crippen molar-refractivity contribution in [2.45, 2.75) is 23.8 Å². The lowest BCUT2D eigenvalue weighted by atomic mass is 10.2. The maximum Gasteiger partial charge on any atom is 0.175 e. The molecule has 0 saturated carbocycles. The van der Waals surface area contributed by atoms with E-state index in [1.165, 1.54) is 12.1 Å². The molecule has 1 aliphatic rings. The first-order valence-electron chi connectivity index (χ1n) is 5.81. The molecule has 2 rings (SSSR count). The van der Waals surface area contributed by atoms with Crippen LogP contribution >= 0.6 is 0 Å². The van der Waals surface area contributed by atoms with Crippen LogP contribution in [0.1, 0.15) is 12.8 Å². The highest BCUT2D eigenvalue weighted by molar-refractivity contribution is 7.90.